The number of nitrogens with zero attached hydrogens (tertiary/aromatic N) is 5. The summed E-state index contributed by atoms with van der Waals surface area (Å²) in [4.78, 5) is 6.68. The summed E-state index contributed by atoms with van der Waals surface area (Å²) in [5.41, 5.74) is 2.88. The number of hydrogen-bond acceptors (Lipinski definition) is 5. The molecule has 0 aliphatic rings. The summed E-state index contributed by atoms with van der Waals surface area (Å²) < 4.78 is 1.21. The van der Waals surface area contributed by atoms with Gasteiger partial charge in [0.1, 0.15) is 0 Å². The van der Waals surface area contributed by atoms with Gasteiger partial charge in [-0.1, -0.05) is 31.2 Å². The van der Waals surface area contributed by atoms with Crippen LogP contribution in [0.4, 0.5) is 0 Å². The lowest BCUT2D eigenvalue weighted by Crippen LogP contribution is -2.23. The highest BCUT2D eigenvalue weighted by Gasteiger charge is 2.18. The van der Waals surface area contributed by atoms with Crippen molar-refractivity contribution in [1.29, 1.82) is 10.5 Å². The number of aromatic nitrogens is 2. The highest BCUT2D eigenvalue weighted by molar-refractivity contribution is 5.99. The number of pyridine rings is 1. The molecule has 2 aromatic heterocycles. The van der Waals surface area contributed by atoms with Crippen molar-refractivity contribution in [2.45, 2.75) is 19.9 Å². The lowest BCUT2D eigenvalue weighted by Gasteiger charge is -2.18. The molecule has 6 nitrogen and oxygen atoms in total. The second kappa shape index (κ2) is 7.69. The number of para-hydroxylation sites is 1. The lowest BCUT2D eigenvalue weighted by atomic mass is 10.1. The maximum absolute atomic E-state index is 10.5. The van der Waals surface area contributed by atoms with Crippen LogP contribution in [0.15, 0.2) is 42.6 Å². The van der Waals surface area contributed by atoms with Crippen LogP contribution in [0.3, 0.4) is 0 Å². The van der Waals surface area contributed by atoms with Gasteiger partial charge in [-0.25, -0.2) is 4.57 Å². The average Bonchev–Trinajstić information content (AvgIpc) is 2.96. The van der Waals surface area contributed by atoms with Gasteiger partial charge in [-0.2, -0.15) is 10.5 Å². The van der Waals surface area contributed by atoms with Gasteiger partial charge in [0, 0.05) is 31.1 Å². The predicted molar refractivity (Wildman–Crippen MR) is 99.0 cm³/mol. The first kappa shape index (κ1) is 17.5. The molecule has 130 valence electrons. The van der Waals surface area contributed by atoms with Crippen LogP contribution in [0.2, 0.25) is 0 Å². The molecule has 1 aromatic carbocycles. The Morgan fingerprint density at radius 3 is 2.65 bits per heavy atom. The lowest BCUT2D eigenvalue weighted by molar-refractivity contribution is 0.286. The van der Waals surface area contributed by atoms with E-state index in [2.05, 4.69) is 22.9 Å². The average molecular weight is 345 g/mol. The summed E-state index contributed by atoms with van der Waals surface area (Å²) in [5.74, 6) is -0.0989. The third kappa shape index (κ3) is 3.23. The number of nitriles is 2. The monoisotopic (exact) mass is 345 g/mol. The van der Waals surface area contributed by atoms with Crippen LogP contribution in [0, 0.1) is 22.8 Å². The summed E-state index contributed by atoms with van der Waals surface area (Å²) in [5, 5.41) is 29.3. The first-order valence-electron chi connectivity index (χ1n) is 8.46. The number of rotatable bonds is 6. The van der Waals surface area contributed by atoms with E-state index in [4.69, 9.17) is 5.26 Å². The standard InChI is InChI=1S/C20H19N5O/c1-2-24(11-5-10-21)13-15-8-9-17(23-12-15)19-16-6-3-4-7-18(16)25(14-22)20(19)26/h3-4,6-9,12,26H,2,5,11,13H2,1H3. The maximum atomic E-state index is 10.5. The molecule has 0 aliphatic carbocycles. The van der Waals surface area contributed by atoms with E-state index in [1.54, 1.807) is 12.3 Å². The molecule has 0 unspecified atom stereocenters. The Hall–Kier alpha value is -3.35. The first-order chi connectivity index (χ1) is 12.7. The summed E-state index contributed by atoms with van der Waals surface area (Å²) in [6.07, 6.45) is 4.28. The number of hydrogen-bond donors (Lipinski definition) is 1. The molecule has 0 atom stereocenters. The SMILES string of the molecule is CCN(CCC#N)Cc1ccc(-c2c(O)n(C#N)c3ccccc23)nc1. The number of benzene rings is 1. The summed E-state index contributed by atoms with van der Waals surface area (Å²) >= 11 is 0. The van der Waals surface area contributed by atoms with E-state index in [-0.39, 0.29) is 5.88 Å². The molecular formula is C20H19N5O. The summed E-state index contributed by atoms with van der Waals surface area (Å²) in [6, 6.07) is 13.4. The molecule has 0 amide bonds. The van der Waals surface area contributed by atoms with Crippen molar-refractivity contribution in [3.05, 3.63) is 48.2 Å². The Morgan fingerprint density at radius 2 is 2.00 bits per heavy atom. The number of aromatic hydroxyl groups is 1. The molecule has 6 heteroatoms. The molecule has 0 bridgehead atoms. The normalized spacial score (nSPS) is 10.8. The van der Waals surface area contributed by atoms with Crippen LogP contribution in [0.25, 0.3) is 22.2 Å². The van der Waals surface area contributed by atoms with E-state index in [1.807, 2.05) is 36.5 Å². The molecule has 0 aliphatic heterocycles. The van der Waals surface area contributed by atoms with E-state index in [1.165, 1.54) is 4.57 Å². The highest BCUT2D eigenvalue weighted by Crippen LogP contribution is 2.37. The minimum Gasteiger partial charge on any atom is -0.493 e. The van der Waals surface area contributed by atoms with Gasteiger partial charge in [-0.05, 0) is 24.2 Å². The van der Waals surface area contributed by atoms with Crippen molar-refractivity contribution in [3.8, 4) is 29.4 Å². The van der Waals surface area contributed by atoms with Crippen molar-refractivity contribution in [2.24, 2.45) is 0 Å². The van der Waals surface area contributed by atoms with Gasteiger partial charge < -0.3 is 5.11 Å². The van der Waals surface area contributed by atoms with Crippen molar-refractivity contribution in [3.63, 3.8) is 0 Å². The Bertz CT molecular complexity index is 992. The van der Waals surface area contributed by atoms with Crippen LogP contribution in [-0.4, -0.2) is 32.6 Å². The van der Waals surface area contributed by atoms with Crippen molar-refractivity contribution in [2.75, 3.05) is 13.1 Å². The zero-order valence-corrected chi connectivity index (χ0v) is 14.6. The Morgan fingerprint density at radius 1 is 1.19 bits per heavy atom. The van der Waals surface area contributed by atoms with Crippen LogP contribution < -0.4 is 0 Å². The van der Waals surface area contributed by atoms with E-state index in [0.717, 1.165) is 30.6 Å². The van der Waals surface area contributed by atoms with Gasteiger partial charge in [0.15, 0.2) is 6.19 Å². The fourth-order valence-corrected chi connectivity index (χ4v) is 3.06. The van der Waals surface area contributed by atoms with Crippen LogP contribution in [0.5, 0.6) is 5.88 Å². The Balaban J connectivity index is 1.93. The molecular weight excluding hydrogens is 326 g/mol. The molecule has 3 rings (SSSR count). The summed E-state index contributed by atoms with van der Waals surface area (Å²) in [6.45, 7) is 4.37. The molecule has 0 saturated carbocycles. The zero-order valence-electron chi connectivity index (χ0n) is 14.6. The van der Waals surface area contributed by atoms with Gasteiger partial charge in [-0.3, -0.25) is 9.88 Å². The van der Waals surface area contributed by atoms with Crippen LogP contribution in [-0.2, 0) is 6.54 Å². The maximum Gasteiger partial charge on any atom is 0.215 e. The third-order valence-corrected chi connectivity index (χ3v) is 4.42. The molecule has 0 saturated heterocycles. The van der Waals surface area contributed by atoms with Crippen LogP contribution in [0.1, 0.15) is 18.9 Å². The summed E-state index contributed by atoms with van der Waals surface area (Å²) in [7, 11) is 0. The van der Waals surface area contributed by atoms with Crippen molar-refractivity contribution in [1.82, 2.24) is 14.5 Å². The molecule has 0 spiro atoms. The zero-order chi connectivity index (χ0) is 18.5. The topological polar surface area (TPSA) is 88.9 Å². The fraction of sp³-hybridized carbons (Fsp3) is 0.250. The smallest absolute Gasteiger partial charge is 0.215 e. The van der Waals surface area contributed by atoms with Gasteiger partial charge in [-0.15, -0.1) is 0 Å². The second-order valence-electron chi connectivity index (χ2n) is 5.98. The minimum absolute atomic E-state index is 0.0989. The highest BCUT2D eigenvalue weighted by atomic mass is 16.3. The molecule has 0 fully saturated rings. The van der Waals surface area contributed by atoms with Crippen LogP contribution >= 0.6 is 0 Å². The molecule has 0 radical (unpaired) electrons. The molecule has 1 N–H and O–H groups in total. The molecule has 3 aromatic rings. The van der Waals surface area contributed by atoms with E-state index in [0.29, 0.717) is 23.2 Å². The quantitative estimate of drug-likeness (QED) is 0.739. The van der Waals surface area contributed by atoms with Gasteiger partial charge in [0.25, 0.3) is 0 Å². The van der Waals surface area contributed by atoms with Gasteiger partial charge in [0.05, 0.1) is 22.8 Å². The number of fused-ring (bicyclic) bond motifs is 1. The predicted octanol–water partition coefficient (Wildman–Crippen LogP) is 3.47. The largest absolute Gasteiger partial charge is 0.493 e. The van der Waals surface area contributed by atoms with Gasteiger partial charge >= 0.3 is 0 Å². The van der Waals surface area contributed by atoms with Gasteiger partial charge in [0.2, 0.25) is 5.88 Å². The Kier molecular flexibility index (Phi) is 5.17. The van der Waals surface area contributed by atoms with E-state index < -0.39 is 0 Å². The first-order valence-corrected chi connectivity index (χ1v) is 8.46. The molecule has 26 heavy (non-hydrogen) atoms. The van der Waals surface area contributed by atoms with Crippen molar-refractivity contribution < 1.29 is 5.11 Å². The van der Waals surface area contributed by atoms with Crippen molar-refractivity contribution >= 4 is 10.9 Å². The van der Waals surface area contributed by atoms with E-state index >= 15 is 0 Å². The second-order valence-corrected chi connectivity index (χ2v) is 5.98. The fourth-order valence-electron chi connectivity index (χ4n) is 3.06. The minimum atomic E-state index is -0.0989. The third-order valence-electron chi connectivity index (χ3n) is 4.42. The molecule has 2 heterocycles. The Labute approximate surface area is 152 Å². The van der Waals surface area contributed by atoms with E-state index in [9.17, 15) is 10.4 Å².